The number of carbonyl (C=O) groups is 2. The molecule has 0 saturated carbocycles. The van der Waals surface area contributed by atoms with Gasteiger partial charge in [-0.1, -0.05) is 41.9 Å². The minimum atomic E-state index is -1.04. The van der Waals surface area contributed by atoms with E-state index in [1.165, 1.54) is 12.1 Å². The predicted octanol–water partition coefficient (Wildman–Crippen LogP) is 4.54. The highest BCUT2D eigenvalue weighted by Gasteiger charge is 2.60. The molecular formula is C24H18ClFN2O4. The minimum absolute atomic E-state index is 0.0891. The number of rotatable bonds is 4. The van der Waals surface area contributed by atoms with Crippen LogP contribution in [-0.4, -0.2) is 25.0 Å². The van der Waals surface area contributed by atoms with E-state index in [1.54, 1.807) is 18.2 Å². The van der Waals surface area contributed by atoms with Crippen LogP contribution in [0.2, 0.25) is 5.02 Å². The number of para-hydroxylation sites is 1. The highest BCUT2D eigenvalue weighted by atomic mass is 35.5. The van der Waals surface area contributed by atoms with Gasteiger partial charge < -0.3 is 4.74 Å². The van der Waals surface area contributed by atoms with Crippen molar-refractivity contribution in [3.63, 3.8) is 0 Å². The van der Waals surface area contributed by atoms with Crippen LogP contribution < -0.4 is 14.7 Å². The molecule has 0 aliphatic carbocycles. The maximum absolute atomic E-state index is 14.1. The van der Waals surface area contributed by atoms with E-state index in [4.69, 9.17) is 21.2 Å². The first kappa shape index (κ1) is 20.5. The molecule has 6 nitrogen and oxygen atoms in total. The SMILES string of the molecule is COc1cccc([C@H]2[C@@H]3C(=O)N(c4ccc(Cl)c(F)c4)C(=O)[C@@H]3ON2c2ccccc2)c1. The summed E-state index contributed by atoms with van der Waals surface area (Å²) >= 11 is 5.77. The van der Waals surface area contributed by atoms with Crippen molar-refractivity contribution in [1.82, 2.24) is 0 Å². The smallest absolute Gasteiger partial charge is 0.266 e. The summed E-state index contributed by atoms with van der Waals surface area (Å²) in [6.07, 6.45) is -1.04. The number of ether oxygens (including phenoxy) is 1. The summed E-state index contributed by atoms with van der Waals surface area (Å²) in [6.45, 7) is 0. The molecule has 0 radical (unpaired) electrons. The third kappa shape index (κ3) is 3.21. The third-order valence-electron chi connectivity index (χ3n) is 5.72. The number of imide groups is 1. The molecule has 0 N–H and O–H groups in total. The molecule has 0 aromatic heterocycles. The van der Waals surface area contributed by atoms with Gasteiger partial charge in [-0.15, -0.1) is 0 Å². The number of anilines is 2. The van der Waals surface area contributed by atoms with Crippen LogP contribution >= 0.6 is 11.6 Å². The Morgan fingerprint density at radius 1 is 0.938 bits per heavy atom. The Hall–Kier alpha value is -3.42. The zero-order chi connectivity index (χ0) is 22.4. The van der Waals surface area contributed by atoms with E-state index in [1.807, 2.05) is 48.5 Å². The Morgan fingerprint density at radius 2 is 1.72 bits per heavy atom. The Morgan fingerprint density at radius 3 is 2.44 bits per heavy atom. The van der Waals surface area contributed by atoms with E-state index in [-0.39, 0.29) is 10.7 Å². The summed E-state index contributed by atoms with van der Waals surface area (Å²) in [5, 5.41) is 1.51. The Labute approximate surface area is 188 Å². The van der Waals surface area contributed by atoms with Crippen molar-refractivity contribution in [1.29, 1.82) is 0 Å². The van der Waals surface area contributed by atoms with E-state index in [0.717, 1.165) is 16.5 Å². The maximum Gasteiger partial charge on any atom is 0.266 e. The zero-order valence-electron chi connectivity index (χ0n) is 16.9. The van der Waals surface area contributed by atoms with Gasteiger partial charge in [0.1, 0.15) is 17.5 Å². The van der Waals surface area contributed by atoms with E-state index in [9.17, 15) is 14.0 Å². The molecule has 2 fully saturated rings. The van der Waals surface area contributed by atoms with Gasteiger partial charge in [-0.25, -0.2) is 14.4 Å². The Kier molecular flexibility index (Phi) is 5.07. The Balaban J connectivity index is 1.59. The normalized spacial score (nSPS) is 22.4. The second kappa shape index (κ2) is 7.93. The number of carbonyl (C=O) groups excluding carboxylic acids is 2. The van der Waals surface area contributed by atoms with Crippen LogP contribution in [0.1, 0.15) is 11.6 Å². The fraction of sp³-hybridized carbons (Fsp3) is 0.167. The van der Waals surface area contributed by atoms with Gasteiger partial charge in [0.25, 0.3) is 5.91 Å². The van der Waals surface area contributed by atoms with E-state index in [2.05, 4.69) is 0 Å². The predicted molar refractivity (Wildman–Crippen MR) is 117 cm³/mol. The highest BCUT2D eigenvalue weighted by molar-refractivity contribution is 6.31. The number of methoxy groups -OCH3 is 1. The van der Waals surface area contributed by atoms with Crippen molar-refractivity contribution < 1.29 is 23.6 Å². The van der Waals surface area contributed by atoms with Gasteiger partial charge in [-0.2, -0.15) is 0 Å². The second-order valence-electron chi connectivity index (χ2n) is 7.54. The molecule has 2 saturated heterocycles. The Bertz CT molecular complexity index is 1210. The lowest BCUT2D eigenvalue weighted by Crippen LogP contribution is -2.37. The van der Waals surface area contributed by atoms with Crippen LogP contribution in [0.15, 0.2) is 72.8 Å². The fourth-order valence-corrected chi connectivity index (χ4v) is 4.37. The summed E-state index contributed by atoms with van der Waals surface area (Å²) in [7, 11) is 1.56. The molecule has 0 bridgehead atoms. The summed E-state index contributed by atoms with van der Waals surface area (Å²) in [5.74, 6) is -1.93. The molecular weight excluding hydrogens is 435 g/mol. The van der Waals surface area contributed by atoms with Gasteiger partial charge >= 0.3 is 0 Å². The average Bonchev–Trinajstić information content (AvgIpc) is 3.32. The standard InChI is InChI=1S/C24H18ClFN2O4/c1-31-17-9-5-6-14(12-17)21-20-22(32-28(21)15-7-3-2-4-8-15)24(30)27(23(20)29)16-10-11-18(25)19(26)13-16/h2-13,20-22H,1H3/t20-,21-,22+/m0/s1. The van der Waals surface area contributed by atoms with Gasteiger partial charge in [0.05, 0.1) is 29.5 Å². The number of nitrogens with zero attached hydrogens (tertiary/aromatic N) is 2. The highest BCUT2D eigenvalue weighted by Crippen LogP contribution is 2.48. The van der Waals surface area contributed by atoms with Crippen LogP contribution in [0.3, 0.4) is 0 Å². The molecule has 8 heteroatoms. The molecule has 2 amide bonds. The van der Waals surface area contributed by atoms with Crippen LogP contribution in [0.25, 0.3) is 0 Å². The minimum Gasteiger partial charge on any atom is -0.497 e. The average molecular weight is 453 g/mol. The quantitative estimate of drug-likeness (QED) is 0.544. The van der Waals surface area contributed by atoms with E-state index < -0.39 is 35.7 Å². The lowest BCUT2D eigenvalue weighted by atomic mass is 9.90. The number of benzene rings is 3. The monoisotopic (exact) mass is 452 g/mol. The topological polar surface area (TPSA) is 59.1 Å². The van der Waals surface area contributed by atoms with Crippen LogP contribution in [0, 0.1) is 11.7 Å². The van der Waals surface area contributed by atoms with E-state index >= 15 is 0 Å². The lowest BCUT2D eigenvalue weighted by Gasteiger charge is -2.29. The van der Waals surface area contributed by atoms with Gasteiger partial charge in [0.2, 0.25) is 5.91 Å². The molecule has 3 aromatic carbocycles. The molecule has 2 heterocycles. The van der Waals surface area contributed by atoms with Gasteiger partial charge in [0, 0.05) is 0 Å². The van der Waals surface area contributed by atoms with Crippen molar-refractivity contribution in [3.05, 3.63) is 89.2 Å². The number of fused-ring (bicyclic) bond motifs is 1. The first-order valence-electron chi connectivity index (χ1n) is 9.97. The van der Waals surface area contributed by atoms with Gasteiger partial charge in [0.15, 0.2) is 6.10 Å². The largest absolute Gasteiger partial charge is 0.497 e. The molecule has 2 aliphatic rings. The van der Waals surface area contributed by atoms with Crippen molar-refractivity contribution >= 4 is 34.8 Å². The molecule has 162 valence electrons. The lowest BCUT2D eigenvalue weighted by molar-refractivity contribution is -0.126. The van der Waals surface area contributed by atoms with Crippen LogP contribution in [0.5, 0.6) is 5.75 Å². The molecule has 0 unspecified atom stereocenters. The van der Waals surface area contributed by atoms with E-state index in [0.29, 0.717) is 11.4 Å². The third-order valence-corrected chi connectivity index (χ3v) is 6.03. The second-order valence-corrected chi connectivity index (χ2v) is 7.95. The molecule has 3 aromatic rings. The number of hydroxylamine groups is 1. The molecule has 3 atom stereocenters. The first-order chi connectivity index (χ1) is 15.5. The van der Waals surface area contributed by atoms with Crippen molar-refractivity contribution in [3.8, 4) is 5.75 Å². The van der Waals surface area contributed by atoms with Gasteiger partial charge in [-0.05, 0) is 48.0 Å². The molecule has 0 spiro atoms. The summed E-state index contributed by atoms with van der Waals surface area (Å²) in [6, 6.07) is 19.8. The van der Waals surface area contributed by atoms with Crippen molar-refractivity contribution in [2.75, 3.05) is 17.1 Å². The maximum atomic E-state index is 14.1. The summed E-state index contributed by atoms with van der Waals surface area (Å²) in [5.41, 5.74) is 1.58. The summed E-state index contributed by atoms with van der Waals surface area (Å²) < 4.78 is 19.4. The van der Waals surface area contributed by atoms with Crippen LogP contribution in [-0.2, 0) is 14.4 Å². The van der Waals surface area contributed by atoms with Crippen molar-refractivity contribution in [2.24, 2.45) is 5.92 Å². The number of hydrogen-bond acceptors (Lipinski definition) is 5. The number of amides is 2. The van der Waals surface area contributed by atoms with Gasteiger partial charge in [-0.3, -0.25) is 14.4 Å². The molecule has 2 aliphatic heterocycles. The number of hydrogen-bond donors (Lipinski definition) is 0. The molecule has 32 heavy (non-hydrogen) atoms. The first-order valence-corrected chi connectivity index (χ1v) is 10.4. The zero-order valence-corrected chi connectivity index (χ0v) is 17.7. The number of halogens is 2. The van der Waals surface area contributed by atoms with Crippen LogP contribution in [0.4, 0.5) is 15.8 Å². The summed E-state index contributed by atoms with van der Waals surface area (Å²) in [4.78, 5) is 33.8. The molecule has 5 rings (SSSR count). The van der Waals surface area contributed by atoms with Crippen molar-refractivity contribution in [2.45, 2.75) is 12.1 Å². The fourth-order valence-electron chi connectivity index (χ4n) is 4.26.